The molecule has 0 aliphatic heterocycles. The highest BCUT2D eigenvalue weighted by Crippen LogP contribution is 2.70. The summed E-state index contributed by atoms with van der Waals surface area (Å²) < 4.78 is 11.4. The smallest absolute Gasteiger partial charge is 0.302 e. The van der Waals surface area contributed by atoms with Gasteiger partial charge in [-0.25, -0.2) is 0 Å². The summed E-state index contributed by atoms with van der Waals surface area (Å²) in [6.07, 6.45) is 2.24. The predicted octanol–water partition coefficient (Wildman–Crippen LogP) is 3.50. The number of carbonyl (C=O) groups is 2. The molecule has 4 heteroatoms. The normalized spacial score (nSPS) is 43.9. The molecular weight excluding hydrogens is 292 g/mol. The second-order valence-electron chi connectivity index (χ2n) is 8.59. The first kappa shape index (κ1) is 16.5. The van der Waals surface area contributed by atoms with Crippen LogP contribution in [-0.2, 0) is 19.1 Å². The van der Waals surface area contributed by atoms with E-state index < -0.39 is 0 Å². The molecule has 23 heavy (non-hydrogen) atoms. The zero-order chi connectivity index (χ0) is 17.2. The monoisotopic (exact) mass is 320 g/mol. The van der Waals surface area contributed by atoms with Crippen LogP contribution in [0.5, 0.6) is 0 Å². The van der Waals surface area contributed by atoms with E-state index in [9.17, 15) is 9.59 Å². The van der Waals surface area contributed by atoms with Gasteiger partial charge in [-0.1, -0.05) is 32.9 Å². The van der Waals surface area contributed by atoms with Crippen LogP contribution in [-0.4, -0.2) is 24.1 Å². The molecule has 0 saturated heterocycles. The largest absolute Gasteiger partial charge is 0.462 e. The van der Waals surface area contributed by atoms with Crippen LogP contribution in [0.25, 0.3) is 0 Å². The van der Waals surface area contributed by atoms with Crippen molar-refractivity contribution in [2.45, 2.75) is 66.1 Å². The van der Waals surface area contributed by atoms with Crippen molar-refractivity contribution in [2.24, 2.45) is 28.6 Å². The van der Waals surface area contributed by atoms with Crippen molar-refractivity contribution in [1.29, 1.82) is 0 Å². The lowest BCUT2D eigenvalue weighted by Gasteiger charge is -2.42. The third-order valence-electron chi connectivity index (χ3n) is 6.71. The van der Waals surface area contributed by atoms with Gasteiger partial charge in [0, 0.05) is 31.1 Å². The van der Waals surface area contributed by atoms with E-state index in [-0.39, 0.29) is 35.0 Å². The predicted molar refractivity (Wildman–Crippen MR) is 86.5 cm³/mol. The maximum absolute atomic E-state index is 11.7. The Balaban J connectivity index is 2.06. The van der Waals surface area contributed by atoms with Gasteiger partial charge in [-0.2, -0.15) is 0 Å². The third-order valence-corrected chi connectivity index (χ3v) is 6.71. The maximum atomic E-state index is 11.7. The fourth-order valence-corrected chi connectivity index (χ4v) is 6.02. The Morgan fingerprint density at radius 1 is 1.09 bits per heavy atom. The van der Waals surface area contributed by atoms with Crippen molar-refractivity contribution >= 4 is 11.9 Å². The highest BCUT2D eigenvalue weighted by molar-refractivity contribution is 5.67. The average molecular weight is 320 g/mol. The van der Waals surface area contributed by atoms with E-state index in [4.69, 9.17) is 9.47 Å². The van der Waals surface area contributed by atoms with Gasteiger partial charge >= 0.3 is 11.9 Å². The molecule has 3 aliphatic carbocycles. The van der Waals surface area contributed by atoms with Crippen molar-refractivity contribution in [3.8, 4) is 0 Å². The number of hydrogen-bond acceptors (Lipinski definition) is 4. The molecule has 3 aliphatic rings. The quantitative estimate of drug-likeness (QED) is 0.577. The summed E-state index contributed by atoms with van der Waals surface area (Å²) in [5.41, 5.74) is 1.04. The number of carbonyl (C=O) groups excluding carboxylic acids is 2. The van der Waals surface area contributed by atoms with Crippen LogP contribution in [0.15, 0.2) is 12.2 Å². The van der Waals surface area contributed by atoms with Gasteiger partial charge in [0.15, 0.2) is 0 Å². The number of ether oxygens (including phenoxy) is 2. The minimum absolute atomic E-state index is 0.0947. The number of hydrogen-bond donors (Lipinski definition) is 0. The van der Waals surface area contributed by atoms with E-state index in [1.807, 2.05) is 0 Å². The molecular formula is C19H28O4. The minimum atomic E-state index is -0.265. The molecule has 0 aromatic heterocycles. The first-order chi connectivity index (χ1) is 10.6. The molecule has 0 amide bonds. The fourth-order valence-electron chi connectivity index (χ4n) is 6.02. The lowest BCUT2D eigenvalue weighted by atomic mass is 9.68. The second kappa shape index (κ2) is 5.09. The molecule has 0 aromatic carbocycles. The molecule has 6 atom stereocenters. The van der Waals surface area contributed by atoms with Crippen LogP contribution in [0, 0.1) is 28.6 Å². The van der Waals surface area contributed by atoms with Gasteiger partial charge < -0.3 is 9.47 Å². The zero-order valence-electron chi connectivity index (χ0n) is 14.8. The third kappa shape index (κ3) is 2.33. The lowest BCUT2D eigenvalue weighted by molar-refractivity contribution is -0.165. The lowest BCUT2D eigenvalue weighted by Crippen LogP contribution is -2.44. The van der Waals surface area contributed by atoms with Crippen LogP contribution < -0.4 is 0 Å². The first-order valence-corrected chi connectivity index (χ1v) is 8.59. The molecule has 3 saturated carbocycles. The van der Waals surface area contributed by atoms with Gasteiger partial charge in [0.1, 0.15) is 12.2 Å². The van der Waals surface area contributed by atoms with Gasteiger partial charge in [-0.15, -0.1) is 0 Å². The molecule has 128 valence electrons. The summed E-state index contributed by atoms with van der Waals surface area (Å²) in [5, 5.41) is 0. The topological polar surface area (TPSA) is 52.6 Å². The summed E-state index contributed by atoms with van der Waals surface area (Å²) in [6.45, 7) is 13.9. The molecule has 0 unspecified atom stereocenters. The van der Waals surface area contributed by atoms with E-state index in [1.165, 1.54) is 19.4 Å². The van der Waals surface area contributed by atoms with Gasteiger partial charge in [0.25, 0.3) is 0 Å². The maximum Gasteiger partial charge on any atom is 0.302 e. The molecule has 0 spiro atoms. The Bertz CT molecular complexity index is 564. The van der Waals surface area contributed by atoms with E-state index in [1.54, 1.807) is 0 Å². The summed E-state index contributed by atoms with van der Waals surface area (Å²) in [4.78, 5) is 23.3. The van der Waals surface area contributed by atoms with Crippen molar-refractivity contribution in [3.05, 3.63) is 12.2 Å². The van der Waals surface area contributed by atoms with Gasteiger partial charge in [-0.3, -0.25) is 9.59 Å². The van der Waals surface area contributed by atoms with Crippen molar-refractivity contribution in [3.63, 3.8) is 0 Å². The van der Waals surface area contributed by atoms with Crippen molar-refractivity contribution in [2.75, 3.05) is 0 Å². The zero-order valence-corrected chi connectivity index (χ0v) is 14.8. The average Bonchev–Trinajstić information content (AvgIpc) is 2.85. The molecule has 4 bridgehead atoms. The second-order valence-corrected chi connectivity index (χ2v) is 8.59. The molecule has 0 N–H and O–H groups in total. The van der Waals surface area contributed by atoms with Crippen molar-refractivity contribution in [1.82, 2.24) is 0 Å². The SMILES string of the molecule is C=C1C[C@@H]2C[C@@]3(C)[C@H]1[C@H]2C(C)(C)[C@H](OC(C)=O)C[C@H]3OC(C)=O. The van der Waals surface area contributed by atoms with Crippen LogP contribution in [0.2, 0.25) is 0 Å². The van der Waals surface area contributed by atoms with E-state index in [0.29, 0.717) is 24.2 Å². The highest BCUT2D eigenvalue weighted by Gasteiger charge is 2.67. The van der Waals surface area contributed by atoms with E-state index in [2.05, 4.69) is 27.4 Å². The minimum Gasteiger partial charge on any atom is -0.462 e. The number of rotatable bonds is 2. The molecule has 3 fully saturated rings. The van der Waals surface area contributed by atoms with E-state index >= 15 is 0 Å². The molecule has 3 rings (SSSR count). The Kier molecular flexibility index (Phi) is 3.66. The summed E-state index contributed by atoms with van der Waals surface area (Å²) >= 11 is 0. The van der Waals surface area contributed by atoms with Crippen molar-refractivity contribution < 1.29 is 19.1 Å². The molecule has 0 radical (unpaired) electrons. The van der Waals surface area contributed by atoms with Gasteiger partial charge in [-0.05, 0) is 30.6 Å². The standard InChI is InChI=1S/C19H28O4/c1-10-7-13-9-19(6)15(23-12(3)21)8-14(22-11(2)20)18(4,5)17(13)16(10)19/h13-17H,1,7-9H2,2-6H3/t13-,14-,15-,16-,17+,19-/m1/s1. The van der Waals surface area contributed by atoms with Crippen LogP contribution in [0.4, 0.5) is 0 Å². The highest BCUT2D eigenvalue weighted by atomic mass is 16.6. The van der Waals surface area contributed by atoms with Gasteiger partial charge in [0.2, 0.25) is 0 Å². The Morgan fingerprint density at radius 2 is 1.65 bits per heavy atom. The van der Waals surface area contributed by atoms with Crippen LogP contribution in [0.3, 0.4) is 0 Å². The summed E-state index contributed by atoms with van der Waals surface area (Å²) in [7, 11) is 0. The van der Waals surface area contributed by atoms with Crippen LogP contribution in [0.1, 0.15) is 53.9 Å². The number of allylic oxidation sites excluding steroid dienone is 1. The Labute approximate surface area is 138 Å². The molecule has 0 aromatic rings. The molecule has 4 nitrogen and oxygen atoms in total. The fraction of sp³-hybridized carbons (Fsp3) is 0.789. The Morgan fingerprint density at radius 3 is 2.22 bits per heavy atom. The first-order valence-electron chi connectivity index (χ1n) is 8.59. The van der Waals surface area contributed by atoms with Gasteiger partial charge in [0.05, 0.1) is 0 Å². The van der Waals surface area contributed by atoms with E-state index in [0.717, 1.165) is 12.8 Å². The number of esters is 2. The summed E-state index contributed by atoms with van der Waals surface area (Å²) in [6, 6.07) is 0. The summed E-state index contributed by atoms with van der Waals surface area (Å²) in [5.74, 6) is 0.794. The van der Waals surface area contributed by atoms with Crippen LogP contribution >= 0.6 is 0 Å². The molecule has 0 heterocycles. The Hall–Kier alpha value is -1.32.